The molecule has 0 bridgehead atoms. The monoisotopic (exact) mass is 347 g/mol. The standard InChI is InChI=1S/C17H26FN7/c18-13-9-19-16(25-6-5-20-17(10-25)3-4-17)23-15(13)22-12-1-2-14-11(7-12)8-21-24-14/h9,11-12,14,20-21,24H,1-8,10H2,(H,19,22,23). The fourth-order valence-corrected chi connectivity index (χ4v) is 4.55. The van der Waals surface area contributed by atoms with Crippen molar-refractivity contribution in [3.63, 3.8) is 0 Å². The zero-order valence-corrected chi connectivity index (χ0v) is 14.4. The first-order valence-corrected chi connectivity index (χ1v) is 9.48. The van der Waals surface area contributed by atoms with Gasteiger partial charge in [-0.3, -0.25) is 10.9 Å². The van der Waals surface area contributed by atoms with E-state index in [1.165, 1.54) is 19.0 Å². The molecular formula is C17H26FN7. The molecule has 1 aromatic heterocycles. The van der Waals surface area contributed by atoms with Crippen molar-refractivity contribution in [3.8, 4) is 0 Å². The molecule has 5 rings (SSSR count). The topological polar surface area (TPSA) is 77.1 Å². The highest BCUT2D eigenvalue weighted by Crippen LogP contribution is 2.38. The molecule has 2 saturated heterocycles. The Labute approximate surface area is 147 Å². The Morgan fingerprint density at radius 3 is 3.12 bits per heavy atom. The molecule has 4 N–H and O–H groups in total. The van der Waals surface area contributed by atoms with Gasteiger partial charge in [0.15, 0.2) is 11.6 Å². The first-order valence-electron chi connectivity index (χ1n) is 9.48. The van der Waals surface area contributed by atoms with Crippen LogP contribution >= 0.6 is 0 Å². The smallest absolute Gasteiger partial charge is 0.227 e. The van der Waals surface area contributed by atoms with Crippen LogP contribution in [0.5, 0.6) is 0 Å². The lowest BCUT2D eigenvalue weighted by atomic mass is 9.83. The van der Waals surface area contributed by atoms with E-state index in [2.05, 4.69) is 36.4 Å². The van der Waals surface area contributed by atoms with Crippen molar-refractivity contribution < 1.29 is 4.39 Å². The van der Waals surface area contributed by atoms with Gasteiger partial charge in [0.2, 0.25) is 5.95 Å². The van der Waals surface area contributed by atoms with Crippen LogP contribution in [0, 0.1) is 11.7 Å². The van der Waals surface area contributed by atoms with Gasteiger partial charge in [-0.25, -0.2) is 9.37 Å². The summed E-state index contributed by atoms with van der Waals surface area (Å²) < 4.78 is 14.3. The summed E-state index contributed by atoms with van der Waals surface area (Å²) in [5.74, 6) is 1.26. The molecular weight excluding hydrogens is 321 g/mol. The van der Waals surface area contributed by atoms with Crippen molar-refractivity contribution in [1.82, 2.24) is 26.1 Å². The van der Waals surface area contributed by atoms with Crippen molar-refractivity contribution in [3.05, 3.63) is 12.0 Å². The van der Waals surface area contributed by atoms with Crippen LogP contribution in [0.1, 0.15) is 32.1 Å². The van der Waals surface area contributed by atoms with Gasteiger partial charge in [-0.15, -0.1) is 0 Å². The van der Waals surface area contributed by atoms with E-state index in [0.717, 1.165) is 45.4 Å². The highest BCUT2D eigenvalue weighted by molar-refractivity contribution is 5.44. The molecule has 0 aromatic carbocycles. The van der Waals surface area contributed by atoms with Crippen molar-refractivity contribution in [2.75, 3.05) is 36.4 Å². The zero-order chi connectivity index (χ0) is 16.9. The molecule has 25 heavy (non-hydrogen) atoms. The number of hydrogen-bond donors (Lipinski definition) is 4. The molecule has 4 aliphatic rings. The van der Waals surface area contributed by atoms with Gasteiger partial charge in [0, 0.05) is 43.8 Å². The van der Waals surface area contributed by atoms with Gasteiger partial charge in [-0.05, 0) is 38.0 Å². The maximum atomic E-state index is 14.3. The highest BCUT2D eigenvalue weighted by atomic mass is 19.1. The van der Waals surface area contributed by atoms with E-state index in [-0.39, 0.29) is 17.4 Å². The Morgan fingerprint density at radius 2 is 2.24 bits per heavy atom. The zero-order valence-electron chi connectivity index (χ0n) is 14.4. The maximum absolute atomic E-state index is 14.3. The molecule has 8 heteroatoms. The summed E-state index contributed by atoms with van der Waals surface area (Å²) in [6.45, 7) is 3.72. The third-order valence-corrected chi connectivity index (χ3v) is 6.22. The molecule has 7 nitrogen and oxygen atoms in total. The van der Waals surface area contributed by atoms with Crippen LogP contribution in [0.25, 0.3) is 0 Å². The molecule has 2 saturated carbocycles. The van der Waals surface area contributed by atoms with Gasteiger partial charge in [0.1, 0.15) is 0 Å². The highest BCUT2D eigenvalue weighted by Gasteiger charge is 2.46. The van der Waals surface area contributed by atoms with Crippen LogP contribution < -0.4 is 26.4 Å². The Morgan fingerprint density at radius 1 is 1.32 bits per heavy atom. The SMILES string of the molecule is Fc1cnc(N2CCNC3(CC3)C2)nc1NC1CCC2NNCC2C1. The molecule has 0 amide bonds. The van der Waals surface area contributed by atoms with Crippen LogP contribution in [0.4, 0.5) is 16.2 Å². The number of piperazine rings is 1. The summed E-state index contributed by atoms with van der Waals surface area (Å²) in [5, 5.41) is 6.94. The molecule has 1 aromatic rings. The quantitative estimate of drug-likeness (QED) is 0.638. The number of nitrogens with zero attached hydrogens (tertiary/aromatic N) is 3. The summed E-state index contributed by atoms with van der Waals surface area (Å²) in [6.07, 6.45) is 6.92. The number of nitrogens with one attached hydrogen (secondary N) is 4. The van der Waals surface area contributed by atoms with E-state index in [0.29, 0.717) is 23.7 Å². The third-order valence-electron chi connectivity index (χ3n) is 6.22. The normalized spacial score (nSPS) is 33.3. The lowest BCUT2D eigenvalue weighted by Gasteiger charge is -2.34. The average Bonchev–Trinajstić information content (AvgIpc) is 3.19. The molecule has 2 aliphatic heterocycles. The van der Waals surface area contributed by atoms with E-state index in [9.17, 15) is 4.39 Å². The van der Waals surface area contributed by atoms with Crippen molar-refractivity contribution in [1.29, 1.82) is 0 Å². The molecule has 3 atom stereocenters. The minimum atomic E-state index is -0.357. The Balaban J connectivity index is 1.29. The largest absolute Gasteiger partial charge is 0.365 e. The van der Waals surface area contributed by atoms with Crippen molar-refractivity contribution >= 4 is 11.8 Å². The van der Waals surface area contributed by atoms with Crippen LogP contribution in [0.2, 0.25) is 0 Å². The first-order chi connectivity index (χ1) is 12.2. The predicted octanol–water partition coefficient (Wildman–Crippen LogP) is 0.615. The molecule has 3 heterocycles. The van der Waals surface area contributed by atoms with Crippen LogP contribution in [0.15, 0.2) is 6.20 Å². The second-order valence-electron chi connectivity index (χ2n) is 8.04. The molecule has 4 fully saturated rings. The number of aromatic nitrogens is 2. The minimum Gasteiger partial charge on any atom is -0.365 e. The van der Waals surface area contributed by atoms with Gasteiger partial charge in [0.05, 0.1) is 6.20 Å². The Bertz CT molecular complexity index is 650. The first kappa shape index (κ1) is 15.7. The van der Waals surface area contributed by atoms with Gasteiger partial charge < -0.3 is 15.5 Å². The van der Waals surface area contributed by atoms with Gasteiger partial charge >= 0.3 is 0 Å². The summed E-state index contributed by atoms with van der Waals surface area (Å²) in [7, 11) is 0. The van der Waals surface area contributed by atoms with E-state index >= 15 is 0 Å². The average molecular weight is 347 g/mol. The number of hydrazine groups is 1. The number of halogens is 1. The maximum Gasteiger partial charge on any atom is 0.227 e. The van der Waals surface area contributed by atoms with Crippen LogP contribution in [-0.2, 0) is 0 Å². The van der Waals surface area contributed by atoms with Crippen LogP contribution in [0.3, 0.4) is 0 Å². The van der Waals surface area contributed by atoms with E-state index < -0.39 is 0 Å². The Hall–Kier alpha value is -1.51. The second-order valence-corrected chi connectivity index (χ2v) is 8.04. The minimum absolute atomic E-state index is 0.254. The van der Waals surface area contributed by atoms with Crippen LogP contribution in [-0.4, -0.2) is 53.8 Å². The predicted molar refractivity (Wildman–Crippen MR) is 93.8 cm³/mol. The number of fused-ring (bicyclic) bond motifs is 1. The number of hydrogen-bond acceptors (Lipinski definition) is 7. The third kappa shape index (κ3) is 3.07. The summed E-state index contributed by atoms with van der Waals surface area (Å²) in [4.78, 5) is 11.0. The van der Waals surface area contributed by atoms with Crippen molar-refractivity contribution in [2.45, 2.75) is 49.7 Å². The fraction of sp³-hybridized carbons (Fsp3) is 0.765. The van der Waals surface area contributed by atoms with E-state index in [4.69, 9.17) is 0 Å². The second kappa shape index (κ2) is 6.03. The Kier molecular flexibility index (Phi) is 3.79. The van der Waals surface area contributed by atoms with Crippen molar-refractivity contribution in [2.24, 2.45) is 5.92 Å². The van der Waals surface area contributed by atoms with Gasteiger partial charge in [0.25, 0.3) is 0 Å². The van der Waals surface area contributed by atoms with E-state index in [1.807, 2.05) is 0 Å². The van der Waals surface area contributed by atoms with E-state index in [1.54, 1.807) is 0 Å². The fourth-order valence-electron chi connectivity index (χ4n) is 4.55. The lowest BCUT2D eigenvalue weighted by molar-refractivity contribution is 0.313. The molecule has 3 unspecified atom stereocenters. The summed E-state index contributed by atoms with van der Waals surface area (Å²) >= 11 is 0. The lowest BCUT2D eigenvalue weighted by Crippen LogP contribution is -2.53. The number of anilines is 2. The summed E-state index contributed by atoms with van der Waals surface area (Å²) in [5.41, 5.74) is 6.82. The molecule has 1 spiro atoms. The van der Waals surface area contributed by atoms with Gasteiger partial charge in [-0.2, -0.15) is 4.98 Å². The van der Waals surface area contributed by atoms with Gasteiger partial charge in [-0.1, -0.05) is 0 Å². The summed E-state index contributed by atoms with van der Waals surface area (Å²) in [6, 6.07) is 0.831. The molecule has 0 radical (unpaired) electrons. The molecule has 136 valence electrons. The number of rotatable bonds is 3. The molecule has 2 aliphatic carbocycles.